The van der Waals surface area contributed by atoms with Crippen LogP contribution in [0.25, 0.3) is 16.9 Å². The van der Waals surface area contributed by atoms with Gasteiger partial charge in [-0.3, -0.25) is 14.5 Å². The van der Waals surface area contributed by atoms with E-state index in [4.69, 9.17) is 15.5 Å². The topological polar surface area (TPSA) is 102 Å². The molecule has 0 spiro atoms. The molecule has 0 unspecified atom stereocenters. The number of ether oxygens (including phenoxy) is 1. The molecule has 0 saturated heterocycles. The van der Waals surface area contributed by atoms with Crippen molar-refractivity contribution in [3.63, 3.8) is 0 Å². The molecule has 3 heterocycles. The lowest BCUT2D eigenvalue weighted by atomic mass is 9.82. The van der Waals surface area contributed by atoms with E-state index in [9.17, 15) is 4.79 Å². The Morgan fingerprint density at radius 1 is 1.36 bits per heavy atom. The fourth-order valence-corrected chi connectivity index (χ4v) is 3.24. The molecule has 3 aromatic heterocycles. The molecule has 0 aliphatic heterocycles. The highest BCUT2D eigenvalue weighted by molar-refractivity contribution is 5.94. The monoisotopic (exact) mass is 384 g/mol. The second-order valence-corrected chi connectivity index (χ2v) is 7.16. The highest BCUT2D eigenvalue weighted by atomic mass is 16.5. The number of rotatable bonds is 9. The molecule has 3 aromatic rings. The van der Waals surface area contributed by atoms with E-state index < -0.39 is 5.41 Å². The summed E-state index contributed by atoms with van der Waals surface area (Å²) in [7, 11) is 0. The molecule has 8 nitrogen and oxygen atoms in total. The van der Waals surface area contributed by atoms with Crippen molar-refractivity contribution in [3.8, 4) is 5.82 Å². The summed E-state index contributed by atoms with van der Waals surface area (Å²) in [6.45, 7) is 10.5. The van der Waals surface area contributed by atoms with Crippen molar-refractivity contribution in [2.24, 2.45) is 5.73 Å². The Morgan fingerprint density at radius 2 is 2.14 bits per heavy atom. The number of nitrogens with one attached hydrogen (secondary N) is 1. The lowest BCUT2D eigenvalue weighted by Crippen LogP contribution is -2.36. The van der Waals surface area contributed by atoms with Gasteiger partial charge in [-0.15, -0.1) is 0 Å². The zero-order valence-electron chi connectivity index (χ0n) is 16.9. The van der Waals surface area contributed by atoms with Crippen LogP contribution in [0, 0.1) is 0 Å². The second-order valence-electron chi connectivity index (χ2n) is 7.16. The number of hydrogen-bond donors (Lipinski definition) is 2. The first-order valence-electron chi connectivity index (χ1n) is 9.55. The van der Waals surface area contributed by atoms with Crippen LogP contribution in [0.3, 0.4) is 0 Å². The third-order valence-electron chi connectivity index (χ3n) is 5.09. The van der Waals surface area contributed by atoms with Gasteiger partial charge >= 0.3 is 0 Å². The fourth-order valence-electron chi connectivity index (χ4n) is 3.24. The fraction of sp³-hybridized carbons (Fsp3) is 0.450. The number of aromatic nitrogens is 4. The van der Waals surface area contributed by atoms with E-state index >= 15 is 0 Å². The molecule has 8 heteroatoms. The Balaban J connectivity index is 2.19. The molecular weight excluding hydrogens is 356 g/mol. The summed E-state index contributed by atoms with van der Waals surface area (Å²) in [6, 6.07) is 5.81. The third-order valence-corrected chi connectivity index (χ3v) is 5.09. The van der Waals surface area contributed by atoms with Gasteiger partial charge in [0.25, 0.3) is 0 Å². The molecule has 150 valence electrons. The van der Waals surface area contributed by atoms with Gasteiger partial charge in [-0.05, 0) is 45.4 Å². The van der Waals surface area contributed by atoms with E-state index in [1.54, 1.807) is 6.20 Å². The molecular formula is C20H28N6O2. The minimum Gasteiger partial charge on any atom is -0.380 e. The van der Waals surface area contributed by atoms with Crippen LogP contribution in [-0.2, 0) is 14.9 Å². The van der Waals surface area contributed by atoms with Crippen LogP contribution >= 0.6 is 0 Å². The molecule has 0 aromatic carbocycles. The molecule has 0 fully saturated rings. The standard InChI is InChI=1S/C20H28N6O2/c1-5-25(11-12-28-6-2)17-13-15(20(3,4)19(21)27)14-8-10-26(18(14)23-17)16-7-9-22-24-16/h7-10,13H,5-6,11-12H2,1-4H3,(H2,21,27)(H,22,24). The van der Waals surface area contributed by atoms with Gasteiger partial charge in [0.1, 0.15) is 17.3 Å². The number of amides is 1. The summed E-state index contributed by atoms with van der Waals surface area (Å²) in [5.74, 6) is 1.22. The Bertz CT molecular complexity index is 945. The number of likely N-dealkylation sites (N-methyl/N-ethyl adjacent to an activating group) is 1. The molecule has 0 atom stereocenters. The summed E-state index contributed by atoms with van der Waals surface area (Å²) in [4.78, 5) is 19.3. The number of fused-ring (bicyclic) bond motifs is 1. The number of primary amides is 1. The number of carbonyl (C=O) groups excluding carboxylic acids is 1. The number of anilines is 1. The highest BCUT2D eigenvalue weighted by Crippen LogP contribution is 2.34. The van der Waals surface area contributed by atoms with Gasteiger partial charge in [0.15, 0.2) is 0 Å². The maximum Gasteiger partial charge on any atom is 0.227 e. The van der Waals surface area contributed by atoms with Crippen LogP contribution in [0.1, 0.15) is 33.3 Å². The van der Waals surface area contributed by atoms with Gasteiger partial charge in [0.2, 0.25) is 5.91 Å². The molecule has 28 heavy (non-hydrogen) atoms. The molecule has 0 saturated carbocycles. The molecule has 0 aliphatic carbocycles. The summed E-state index contributed by atoms with van der Waals surface area (Å²) in [5, 5.41) is 7.89. The van der Waals surface area contributed by atoms with Crippen molar-refractivity contribution in [3.05, 3.63) is 36.2 Å². The normalized spacial score (nSPS) is 11.9. The summed E-state index contributed by atoms with van der Waals surface area (Å²) in [5.41, 5.74) is 6.50. The number of H-pyrrole nitrogens is 1. The number of nitrogens with zero attached hydrogens (tertiary/aromatic N) is 4. The molecule has 3 N–H and O–H groups in total. The lowest BCUT2D eigenvalue weighted by molar-refractivity contribution is -0.122. The van der Waals surface area contributed by atoms with E-state index in [0.717, 1.165) is 34.8 Å². The predicted octanol–water partition coefficient (Wildman–Crippen LogP) is 2.37. The Kier molecular flexibility index (Phi) is 5.69. The van der Waals surface area contributed by atoms with E-state index in [1.165, 1.54) is 0 Å². The van der Waals surface area contributed by atoms with Crippen molar-refractivity contribution in [1.29, 1.82) is 0 Å². The molecule has 0 radical (unpaired) electrons. The second kappa shape index (κ2) is 8.02. The zero-order valence-corrected chi connectivity index (χ0v) is 16.9. The predicted molar refractivity (Wildman–Crippen MR) is 110 cm³/mol. The number of nitrogens with two attached hydrogens (primary N) is 1. The average Bonchev–Trinajstić information content (AvgIpc) is 3.33. The Hall–Kier alpha value is -2.87. The maximum absolute atomic E-state index is 12.2. The Labute approximate surface area is 164 Å². The van der Waals surface area contributed by atoms with Crippen LogP contribution in [0.2, 0.25) is 0 Å². The highest BCUT2D eigenvalue weighted by Gasteiger charge is 2.31. The van der Waals surface area contributed by atoms with Crippen molar-refractivity contribution >= 4 is 22.8 Å². The lowest BCUT2D eigenvalue weighted by Gasteiger charge is -2.27. The largest absolute Gasteiger partial charge is 0.380 e. The quantitative estimate of drug-likeness (QED) is 0.552. The maximum atomic E-state index is 12.2. The van der Waals surface area contributed by atoms with Gasteiger partial charge in [0, 0.05) is 37.3 Å². The number of pyridine rings is 1. The first kappa shape index (κ1) is 19.9. The minimum absolute atomic E-state index is 0.377. The number of aromatic amines is 1. The first-order valence-corrected chi connectivity index (χ1v) is 9.55. The van der Waals surface area contributed by atoms with Crippen LogP contribution in [-0.4, -0.2) is 52.0 Å². The van der Waals surface area contributed by atoms with Crippen LogP contribution < -0.4 is 10.6 Å². The average molecular weight is 384 g/mol. The molecule has 0 aliphatic rings. The van der Waals surface area contributed by atoms with Gasteiger partial charge in [-0.25, -0.2) is 4.98 Å². The van der Waals surface area contributed by atoms with Gasteiger partial charge in [-0.1, -0.05) is 0 Å². The van der Waals surface area contributed by atoms with Gasteiger partial charge in [0.05, 0.1) is 18.2 Å². The summed E-state index contributed by atoms with van der Waals surface area (Å²) in [6.07, 6.45) is 3.62. The zero-order chi connectivity index (χ0) is 20.3. The van der Waals surface area contributed by atoms with Crippen LogP contribution in [0.5, 0.6) is 0 Å². The van der Waals surface area contributed by atoms with Gasteiger partial charge < -0.3 is 15.4 Å². The first-order chi connectivity index (χ1) is 13.4. The molecule has 0 bridgehead atoms. The van der Waals surface area contributed by atoms with Crippen LogP contribution in [0.4, 0.5) is 5.82 Å². The van der Waals surface area contributed by atoms with Crippen molar-refractivity contribution in [2.75, 3.05) is 31.2 Å². The summed E-state index contributed by atoms with van der Waals surface area (Å²) < 4.78 is 7.45. The van der Waals surface area contributed by atoms with E-state index in [0.29, 0.717) is 19.8 Å². The summed E-state index contributed by atoms with van der Waals surface area (Å²) >= 11 is 0. The molecule has 1 amide bonds. The van der Waals surface area contributed by atoms with E-state index in [-0.39, 0.29) is 5.91 Å². The van der Waals surface area contributed by atoms with Crippen molar-refractivity contribution in [2.45, 2.75) is 33.1 Å². The van der Waals surface area contributed by atoms with E-state index in [1.807, 2.05) is 49.7 Å². The third kappa shape index (κ3) is 3.60. The number of carbonyl (C=O) groups is 1. The molecule has 3 rings (SSSR count). The van der Waals surface area contributed by atoms with Crippen molar-refractivity contribution in [1.82, 2.24) is 19.7 Å². The van der Waals surface area contributed by atoms with Crippen molar-refractivity contribution < 1.29 is 9.53 Å². The van der Waals surface area contributed by atoms with Gasteiger partial charge in [-0.2, -0.15) is 5.10 Å². The van der Waals surface area contributed by atoms with Crippen LogP contribution in [0.15, 0.2) is 30.6 Å². The smallest absolute Gasteiger partial charge is 0.227 e. The Morgan fingerprint density at radius 3 is 2.75 bits per heavy atom. The SMILES string of the molecule is CCOCCN(CC)c1cc(C(C)(C)C(N)=O)c2ccn(-c3ccn[nH]3)c2n1. The van der Waals surface area contributed by atoms with E-state index in [2.05, 4.69) is 22.0 Å². The number of hydrogen-bond acceptors (Lipinski definition) is 5. The minimum atomic E-state index is -0.838.